The van der Waals surface area contributed by atoms with Crippen molar-refractivity contribution in [2.45, 2.75) is 32.3 Å². The fourth-order valence-electron chi connectivity index (χ4n) is 3.40. The standard InChI is InChI=1S/C21H27FN3O6P/c1-2-29-19-18(31-15-6-10-25(11-7-15)21(26)27)5-9-23-20(19)24-17-4-3-14(13-16(17)22)8-12-30-32-28/h3-5,9,13,15,28,32H,2,6-8,10-12H2,1H3,(H,23,24)(H,26,27). The van der Waals surface area contributed by atoms with Gasteiger partial charge in [-0.3, -0.25) is 0 Å². The van der Waals surface area contributed by atoms with Crippen LogP contribution in [-0.2, 0) is 10.9 Å². The number of likely N-dealkylation sites (tertiary alicyclic amines) is 1. The summed E-state index contributed by atoms with van der Waals surface area (Å²) in [6, 6.07) is 6.47. The minimum atomic E-state index is -0.928. The van der Waals surface area contributed by atoms with Crippen LogP contribution >= 0.6 is 9.03 Å². The lowest BCUT2D eigenvalue weighted by Gasteiger charge is -2.30. The second kappa shape index (κ2) is 11.8. The van der Waals surface area contributed by atoms with Crippen LogP contribution in [0.15, 0.2) is 30.5 Å². The minimum Gasteiger partial charge on any atom is -0.487 e. The highest BCUT2D eigenvalue weighted by molar-refractivity contribution is 7.24. The van der Waals surface area contributed by atoms with Gasteiger partial charge in [0.15, 0.2) is 20.6 Å². The third-order valence-corrected chi connectivity index (χ3v) is 5.34. The highest BCUT2D eigenvalue weighted by Gasteiger charge is 2.25. The number of amides is 1. The van der Waals surface area contributed by atoms with Crippen molar-refractivity contribution in [1.29, 1.82) is 0 Å². The number of halogens is 1. The minimum absolute atomic E-state index is 0.155. The summed E-state index contributed by atoms with van der Waals surface area (Å²) in [6.45, 7) is 3.31. The Labute approximate surface area is 187 Å². The van der Waals surface area contributed by atoms with Gasteiger partial charge >= 0.3 is 6.09 Å². The smallest absolute Gasteiger partial charge is 0.407 e. The van der Waals surface area contributed by atoms with E-state index in [0.717, 1.165) is 5.56 Å². The number of hydrogen-bond donors (Lipinski definition) is 3. The summed E-state index contributed by atoms with van der Waals surface area (Å²) in [5.74, 6) is 0.711. The van der Waals surface area contributed by atoms with Gasteiger partial charge in [0.05, 0.1) is 18.9 Å². The molecular formula is C21H27FN3O6P. The van der Waals surface area contributed by atoms with Gasteiger partial charge in [0.1, 0.15) is 11.9 Å². The highest BCUT2D eigenvalue weighted by Crippen LogP contribution is 2.37. The Bertz CT molecular complexity index is 911. The fraction of sp³-hybridized carbons (Fsp3) is 0.429. The van der Waals surface area contributed by atoms with Crippen LogP contribution in [0.5, 0.6) is 11.5 Å². The number of carboxylic acid groups (broad SMARTS) is 1. The Kier molecular flexibility index (Phi) is 8.84. The van der Waals surface area contributed by atoms with Crippen molar-refractivity contribution < 1.29 is 33.2 Å². The third kappa shape index (κ3) is 6.41. The van der Waals surface area contributed by atoms with Gasteiger partial charge in [-0.2, -0.15) is 0 Å². The summed E-state index contributed by atoms with van der Waals surface area (Å²) in [5.41, 5.74) is 0.980. The van der Waals surface area contributed by atoms with Crippen LogP contribution in [0.3, 0.4) is 0 Å². The number of hydrogen-bond acceptors (Lipinski definition) is 7. The first-order chi connectivity index (χ1) is 15.5. The molecule has 1 fully saturated rings. The Balaban J connectivity index is 1.73. The van der Waals surface area contributed by atoms with Crippen molar-refractivity contribution in [1.82, 2.24) is 9.88 Å². The van der Waals surface area contributed by atoms with Crippen molar-refractivity contribution >= 4 is 26.6 Å². The lowest BCUT2D eigenvalue weighted by atomic mass is 10.1. The van der Waals surface area contributed by atoms with Crippen LogP contribution in [0.4, 0.5) is 20.7 Å². The van der Waals surface area contributed by atoms with E-state index in [2.05, 4.69) is 10.3 Å². The topological polar surface area (TPSA) is 113 Å². The SMILES string of the molecule is CCOc1c(OC2CCN(C(=O)O)CC2)ccnc1Nc1ccc(CCOPO)cc1F. The van der Waals surface area contributed by atoms with Gasteiger partial charge in [0.2, 0.25) is 5.75 Å². The average molecular weight is 467 g/mol. The quantitative estimate of drug-likeness (QED) is 0.356. The number of ether oxygens (including phenoxy) is 2. The van der Waals surface area contributed by atoms with Crippen LogP contribution in [0, 0.1) is 5.82 Å². The molecule has 9 nitrogen and oxygen atoms in total. The van der Waals surface area contributed by atoms with E-state index in [-0.39, 0.29) is 11.8 Å². The van der Waals surface area contributed by atoms with E-state index in [1.807, 2.05) is 6.92 Å². The van der Waals surface area contributed by atoms with Gasteiger partial charge in [0, 0.05) is 38.2 Å². The summed E-state index contributed by atoms with van der Waals surface area (Å²) in [5, 5.41) is 12.1. The molecule has 1 unspecified atom stereocenters. The van der Waals surface area contributed by atoms with E-state index in [0.29, 0.717) is 62.9 Å². The molecule has 0 spiro atoms. The molecule has 2 heterocycles. The number of carbonyl (C=O) groups is 1. The molecule has 0 radical (unpaired) electrons. The van der Waals surface area contributed by atoms with Gasteiger partial charge < -0.3 is 34.2 Å². The largest absolute Gasteiger partial charge is 0.487 e. The summed E-state index contributed by atoms with van der Waals surface area (Å²) < 4.78 is 31.4. The molecule has 3 rings (SSSR count). The number of piperidine rings is 1. The van der Waals surface area contributed by atoms with Gasteiger partial charge in [-0.05, 0) is 31.0 Å². The van der Waals surface area contributed by atoms with Crippen LogP contribution in [0.25, 0.3) is 0 Å². The molecule has 2 aromatic rings. The maximum absolute atomic E-state index is 14.6. The molecule has 174 valence electrons. The van der Waals surface area contributed by atoms with Gasteiger partial charge in [-0.15, -0.1) is 0 Å². The number of benzene rings is 1. The van der Waals surface area contributed by atoms with Crippen molar-refractivity contribution in [3.05, 3.63) is 41.8 Å². The van der Waals surface area contributed by atoms with Crippen LogP contribution < -0.4 is 14.8 Å². The number of nitrogens with one attached hydrogen (secondary N) is 1. The molecule has 0 bridgehead atoms. The molecule has 1 aliphatic rings. The first-order valence-electron chi connectivity index (χ1n) is 10.3. The summed E-state index contributed by atoms with van der Waals surface area (Å²) >= 11 is 0. The molecule has 1 atom stereocenters. The zero-order valence-corrected chi connectivity index (χ0v) is 18.7. The lowest BCUT2D eigenvalue weighted by Crippen LogP contribution is -2.41. The van der Waals surface area contributed by atoms with E-state index in [1.54, 1.807) is 24.4 Å². The molecule has 0 saturated carbocycles. The second-order valence-corrected chi connectivity index (χ2v) is 7.61. The number of pyridine rings is 1. The predicted octanol–water partition coefficient (Wildman–Crippen LogP) is 3.94. The van der Waals surface area contributed by atoms with E-state index in [1.165, 1.54) is 11.0 Å². The number of nitrogens with zero attached hydrogens (tertiary/aromatic N) is 2. The maximum atomic E-state index is 14.6. The fourth-order valence-corrected chi connectivity index (χ4v) is 3.59. The Morgan fingerprint density at radius 3 is 2.78 bits per heavy atom. The Morgan fingerprint density at radius 1 is 1.34 bits per heavy atom. The summed E-state index contributed by atoms with van der Waals surface area (Å²) in [4.78, 5) is 25.5. The zero-order chi connectivity index (χ0) is 22.9. The molecule has 1 aliphatic heterocycles. The maximum Gasteiger partial charge on any atom is 0.407 e. The first kappa shape index (κ1) is 24.0. The molecule has 11 heteroatoms. The van der Waals surface area contributed by atoms with Crippen molar-refractivity contribution in [2.75, 3.05) is 31.6 Å². The molecule has 1 saturated heterocycles. The van der Waals surface area contributed by atoms with E-state index in [9.17, 15) is 9.18 Å². The number of anilines is 2. The number of aromatic nitrogens is 1. The summed E-state index contributed by atoms with van der Waals surface area (Å²) in [6.07, 6.45) is 2.09. The average Bonchev–Trinajstić information content (AvgIpc) is 2.78. The normalized spacial score (nSPS) is 14.7. The highest BCUT2D eigenvalue weighted by atomic mass is 31.1. The Morgan fingerprint density at radius 2 is 2.12 bits per heavy atom. The van der Waals surface area contributed by atoms with Gasteiger partial charge in [0.25, 0.3) is 0 Å². The molecule has 0 aliphatic carbocycles. The van der Waals surface area contributed by atoms with E-state index >= 15 is 0 Å². The molecule has 1 amide bonds. The van der Waals surface area contributed by atoms with Crippen molar-refractivity contribution in [3.63, 3.8) is 0 Å². The third-order valence-electron chi connectivity index (χ3n) is 5.01. The molecule has 1 aromatic carbocycles. The van der Waals surface area contributed by atoms with E-state index < -0.39 is 20.9 Å². The van der Waals surface area contributed by atoms with Crippen LogP contribution in [0.1, 0.15) is 25.3 Å². The lowest BCUT2D eigenvalue weighted by molar-refractivity contribution is 0.0874. The molecule has 32 heavy (non-hydrogen) atoms. The van der Waals surface area contributed by atoms with Gasteiger partial charge in [-0.25, -0.2) is 14.2 Å². The Hall–Kier alpha value is -2.68. The predicted molar refractivity (Wildman–Crippen MR) is 119 cm³/mol. The van der Waals surface area contributed by atoms with Crippen LogP contribution in [-0.4, -0.2) is 58.4 Å². The molecule has 3 N–H and O–H groups in total. The van der Waals surface area contributed by atoms with E-state index in [4.69, 9.17) is 24.0 Å². The van der Waals surface area contributed by atoms with Crippen molar-refractivity contribution in [2.24, 2.45) is 0 Å². The number of rotatable bonds is 10. The zero-order valence-electron chi connectivity index (χ0n) is 17.7. The van der Waals surface area contributed by atoms with Gasteiger partial charge in [-0.1, -0.05) is 6.07 Å². The monoisotopic (exact) mass is 467 g/mol. The van der Waals surface area contributed by atoms with Crippen LogP contribution in [0.2, 0.25) is 0 Å². The summed E-state index contributed by atoms with van der Waals surface area (Å²) in [7, 11) is -0.587. The molecular weight excluding hydrogens is 440 g/mol. The first-order valence-corrected chi connectivity index (χ1v) is 11.2. The second-order valence-electron chi connectivity index (χ2n) is 7.14. The van der Waals surface area contributed by atoms with Crippen molar-refractivity contribution in [3.8, 4) is 11.5 Å². The molecule has 1 aromatic heterocycles.